The molecule has 0 fully saturated rings. The fourth-order valence-corrected chi connectivity index (χ4v) is 1.32. The van der Waals surface area contributed by atoms with Crippen molar-refractivity contribution in [1.82, 2.24) is 25.5 Å². The number of hydrogen-bond acceptors (Lipinski definition) is 5. The molecule has 0 saturated carbocycles. The summed E-state index contributed by atoms with van der Waals surface area (Å²) in [6.07, 6.45) is 0.783. The van der Waals surface area contributed by atoms with E-state index in [4.69, 9.17) is 4.74 Å². The number of methoxy groups -OCH3 is 1. The summed E-state index contributed by atoms with van der Waals surface area (Å²) in [5.41, 5.74) is 0. The first-order valence-electron chi connectivity index (χ1n) is 4.71. The van der Waals surface area contributed by atoms with Gasteiger partial charge in [0, 0.05) is 26.6 Å². The molecule has 14 heavy (non-hydrogen) atoms. The zero-order chi connectivity index (χ0) is 10.4. The van der Waals surface area contributed by atoms with E-state index in [9.17, 15) is 0 Å². The van der Waals surface area contributed by atoms with Crippen LogP contribution in [0.15, 0.2) is 0 Å². The van der Waals surface area contributed by atoms with Crippen LogP contribution in [0.25, 0.3) is 0 Å². The van der Waals surface area contributed by atoms with Crippen LogP contribution in [0.4, 0.5) is 0 Å². The molecule has 0 amide bonds. The van der Waals surface area contributed by atoms with Crippen molar-refractivity contribution in [1.29, 1.82) is 0 Å². The molecule has 1 aromatic rings. The van der Waals surface area contributed by atoms with Crippen LogP contribution in [0.5, 0.6) is 0 Å². The van der Waals surface area contributed by atoms with Gasteiger partial charge in [0.2, 0.25) is 0 Å². The van der Waals surface area contributed by atoms with Crippen molar-refractivity contribution >= 4 is 0 Å². The molecule has 0 bridgehead atoms. The monoisotopic (exact) mass is 199 g/mol. The molecular weight excluding hydrogens is 182 g/mol. The Morgan fingerprint density at radius 2 is 2.36 bits per heavy atom. The average molecular weight is 199 g/mol. The summed E-state index contributed by atoms with van der Waals surface area (Å²) in [5, 5.41) is 14.6. The largest absolute Gasteiger partial charge is 0.383 e. The van der Waals surface area contributed by atoms with Crippen LogP contribution in [0.2, 0.25) is 0 Å². The fourth-order valence-electron chi connectivity index (χ4n) is 1.32. The average Bonchev–Trinajstić information content (AvgIpc) is 2.53. The van der Waals surface area contributed by atoms with E-state index in [1.165, 1.54) is 0 Å². The molecule has 1 aromatic heterocycles. The van der Waals surface area contributed by atoms with E-state index in [0.29, 0.717) is 6.61 Å². The maximum atomic E-state index is 5.10. The topological polar surface area (TPSA) is 64.9 Å². The van der Waals surface area contributed by atoms with Crippen LogP contribution >= 0.6 is 0 Å². The summed E-state index contributed by atoms with van der Waals surface area (Å²) in [6.45, 7) is 3.65. The molecule has 0 saturated heterocycles. The number of ether oxygens (including phenoxy) is 1. The quantitative estimate of drug-likeness (QED) is 0.661. The predicted molar refractivity (Wildman–Crippen MR) is 51.8 cm³/mol. The second kappa shape index (κ2) is 5.66. The third kappa shape index (κ3) is 3.04. The molecule has 0 aliphatic carbocycles. The first kappa shape index (κ1) is 11.1. The molecular formula is C8H17N5O. The lowest BCUT2D eigenvalue weighted by atomic mass is 10.2. The molecule has 1 N–H and O–H groups in total. The molecule has 1 rings (SSSR count). The first-order valence-corrected chi connectivity index (χ1v) is 4.71. The van der Waals surface area contributed by atoms with Gasteiger partial charge < -0.3 is 10.1 Å². The Bertz CT molecular complexity index is 256. The predicted octanol–water partition coefficient (Wildman–Crippen LogP) is -0.623. The van der Waals surface area contributed by atoms with E-state index in [2.05, 4.69) is 27.8 Å². The van der Waals surface area contributed by atoms with Gasteiger partial charge in [0.1, 0.15) is 0 Å². The van der Waals surface area contributed by atoms with Gasteiger partial charge in [-0.25, -0.2) is 4.68 Å². The Labute approximate surface area is 83.6 Å². The number of tetrazole rings is 1. The standard InChI is InChI=1S/C8H17N5O/c1-4-9-7(6-14-3)5-8-10-11-12-13(8)2/h7,9H,4-6H2,1-3H3. The summed E-state index contributed by atoms with van der Waals surface area (Å²) >= 11 is 0. The van der Waals surface area contributed by atoms with Gasteiger partial charge in [-0.3, -0.25) is 0 Å². The maximum absolute atomic E-state index is 5.10. The van der Waals surface area contributed by atoms with Gasteiger partial charge in [-0.05, 0) is 17.0 Å². The number of likely N-dealkylation sites (N-methyl/N-ethyl adjacent to an activating group) is 1. The van der Waals surface area contributed by atoms with Crippen LogP contribution in [0, 0.1) is 0 Å². The Kier molecular flexibility index (Phi) is 4.48. The number of aromatic nitrogens is 4. The third-order valence-electron chi connectivity index (χ3n) is 2.00. The minimum Gasteiger partial charge on any atom is -0.383 e. The molecule has 0 aliphatic rings. The van der Waals surface area contributed by atoms with E-state index >= 15 is 0 Å². The van der Waals surface area contributed by atoms with Crippen molar-refractivity contribution in [2.75, 3.05) is 20.3 Å². The van der Waals surface area contributed by atoms with Crippen molar-refractivity contribution in [3.05, 3.63) is 5.82 Å². The van der Waals surface area contributed by atoms with E-state index < -0.39 is 0 Å². The van der Waals surface area contributed by atoms with Crippen LogP contribution in [-0.2, 0) is 18.2 Å². The van der Waals surface area contributed by atoms with Crippen LogP contribution in [0.3, 0.4) is 0 Å². The van der Waals surface area contributed by atoms with E-state index in [0.717, 1.165) is 18.8 Å². The number of rotatable bonds is 6. The molecule has 0 aromatic carbocycles. The molecule has 0 spiro atoms. The third-order valence-corrected chi connectivity index (χ3v) is 2.00. The Morgan fingerprint density at radius 1 is 1.57 bits per heavy atom. The van der Waals surface area contributed by atoms with Crippen LogP contribution in [-0.4, -0.2) is 46.5 Å². The highest BCUT2D eigenvalue weighted by Crippen LogP contribution is 1.97. The van der Waals surface area contributed by atoms with Crippen molar-refractivity contribution < 1.29 is 4.74 Å². The lowest BCUT2D eigenvalue weighted by Crippen LogP contribution is -2.35. The normalized spacial score (nSPS) is 13.1. The van der Waals surface area contributed by atoms with E-state index in [1.807, 2.05) is 7.05 Å². The smallest absolute Gasteiger partial charge is 0.152 e. The fraction of sp³-hybridized carbons (Fsp3) is 0.875. The molecule has 6 nitrogen and oxygen atoms in total. The summed E-state index contributed by atoms with van der Waals surface area (Å²) < 4.78 is 6.79. The van der Waals surface area contributed by atoms with Crippen LogP contribution in [0.1, 0.15) is 12.7 Å². The van der Waals surface area contributed by atoms with Gasteiger partial charge in [-0.1, -0.05) is 6.92 Å². The second-order valence-electron chi connectivity index (χ2n) is 3.13. The molecule has 0 aliphatic heterocycles. The van der Waals surface area contributed by atoms with Gasteiger partial charge >= 0.3 is 0 Å². The van der Waals surface area contributed by atoms with Gasteiger partial charge in [0.15, 0.2) is 5.82 Å². The van der Waals surface area contributed by atoms with Crippen molar-refractivity contribution in [3.8, 4) is 0 Å². The number of nitrogens with one attached hydrogen (secondary N) is 1. The van der Waals surface area contributed by atoms with Gasteiger partial charge in [0.25, 0.3) is 0 Å². The van der Waals surface area contributed by atoms with Crippen molar-refractivity contribution in [3.63, 3.8) is 0 Å². The highest BCUT2D eigenvalue weighted by atomic mass is 16.5. The Morgan fingerprint density at radius 3 is 2.86 bits per heavy atom. The minimum absolute atomic E-state index is 0.273. The lowest BCUT2D eigenvalue weighted by molar-refractivity contribution is 0.165. The number of nitrogens with zero attached hydrogens (tertiary/aromatic N) is 4. The van der Waals surface area contributed by atoms with Crippen molar-refractivity contribution in [2.24, 2.45) is 7.05 Å². The van der Waals surface area contributed by atoms with E-state index in [-0.39, 0.29) is 6.04 Å². The van der Waals surface area contributed by atoms with Crippen molar-refractivity contribution in [2.45, 2.75) is 19.4 Å². The highest BCUT2D eigenvalue weighted by molar-refractivity contribution is 4.86. The summed E-state index contributed by atoms with van der Waals surface area (Å²) in [7, 11) is 3.53. The number of aryl methyl sites for hydroxylation is 1. The minimum atomic E-state index is 0.273. The molecule has 80 valence electrons. The highest BCUT2D eigenvalue weighted by Gasteiger charge is 2.11. The first-order chi connectivity index (χ1) is 6.77. The molecule has 0 radical (unpaired) electrons. The zero-order valence-corrected chi connectivity index (χ0v) is 8.90. The molecule has 1 heterocycles. The second-order valence-corrected chi connectivity index (χ2v) is 3.13. The SMILES string of the molecule is CCNC(COC)Cc1nnnn1C. The maximum Gasteiger partial charge on any atom is 0.152 e. The van der Waals surface area contributed by atoms with Gasteiger partial charge in [-0.2, -0.15) is 0 Å². The Balaban J connectivity index is 2.50. The summed E-state index contributed by atoms with van der Waals surface area (Å²) in [4.78, 5) is 0. The van der Waals surface area contributed by atoms with Gasteiger partial charge in [-0.15, -0.1) is 5.10 Å². The molecule has 1 unspecified atom stereocenters. The zero-order valence-electron chi connectivity index (χ0n) is 8.90. The van der Waals surface area contributed by atoms with Crippen LogP contribution < -0.4 is 5.32 Å². The Hall–Kier alpha value is -1.01. The molecule has 1 atom stereocenters. The summed E-state index contributed by atoms with van der Waals surface area (Å²) in [5.74, 6) is 0.869. The summed E-state index contributed by atoms with van der Waals surface area (Å²) in [6, 6.07) is 0.273. The van der Waals surface area contributed by atoms with Gasteiger partial charge in [0.05, 0.1) is 6.61 Å². The lowest BCUT2D eigenvalue weighted by Gasteiger charge is -2.15. The number of hydrogen-bond donors (Lipinski definition) is 1. The molecule has 6 heteroatoms. The van der Waals surface area contributed by atoms with E-state index in [1.54, 1.807) is 11.8 Å².